The van der Waals surface area contributed by atoms with Crippen LogP contribution in [0.4, 0.5) is 0 Å². The van der Waals surface area contributed by atoms with Gasteiger partial charge in [-0.25, -0.2) is 0 Å². The molecule has 0 bridgehead atoms. The van der Waals surface area contributed by atoms with Gasteiger partial charge in [-0.05, 0) is 38.1 Å². The number of carbonyl (C=O) groups is 1. The molecule has 0 aromatic heterocycles. The first kappa shape index (κ1) is 14.7. The standard InChI is InChI=1S/C18H21NO4/c1-11(20)22-14-6-5-12-10-19(2)9-8-18-7-3-4-13(21)17(18)23-16(14)15(12)18/h3-6,13,17,21H,7-10H2,1-2H3/t13-,17-,18+/m0/s1. The molecule has 5 heteroatoms. The average molecular weight is 315 g/mol. The molecule has 0 amide bonds. The molecule has 1 aliphatic carbocycles. The van der Waals surface area contributed by atoms with Crippen LogP contribution in [0.15, 0.2) is 24.3 Å². The molecule has 0 fully saturated rings. The van der Waals surface area contributed by atoms with Crippen LogP contribution in [0.2, 0.25) is 0 Å². The second kappa shape index (κ2) is 5.08. The Bertz CT molecular complexity index is 699. The largest absolute Gasteiger partial charge is 0.482 e. The van der Waals surface area contributed by atoms with Crippen molar-refractivity contribution in [2.75, 3.05) is 13.6 Å². The first-order valence-corrected chi connectivity index (χ1v) is 8.06. The molecule has 1 aromatic rings. The maximum Gasteiger partial charge on any atom is 0.308 e. The van der Waals surface area contributed by atoms with Gasteiger partial charge in [-0.2, -0.15) is 0 Å². The van der Waals surface area contributed by atoms with E-state index < -0.39 is 6.10 Å². The van der Waals surface area contributed by atoms with E-state index in [0.29, 0.717) is 11.5 Å². The number of carbonyl (C=O) groups excluding carboxylic acids is 1. The molecule has 0 unspecified atom stereocenters. The topological polar surface area (TPSA) is 59.0 Å². The van der Waals surface area contributed by atoms with Crippen LogP contribution in [0.3, 0.4) is 0 Å². The van der Waals surface area contributed by atoms with E-state index in [-0.39, 0.29) is 17.5 Å². The van der Waals surface area contributed by atoms with E-state index in [1.807, 2.05) is 18.2 Å². The summed E-state index contributed by atoms with van der Waals surface area (Å²) in [5.41, 5.74) is 2.08. The summed E-state index contributed by atoms with van der Waals surface area (Å²) in [5, 5.41) is 10.5. The van der Waals surface area contributed by atoms with E-state index in [4.69, 9.17) is 9.47 Å². The van der Waals surface area contributed by atoms with Crippen molar-refractivity contribution < 1.29 is 19.4 Å². The number of aliphatic hydroxyl groups excluding tert-OH is 1. The lowest BCUT2D eigenvalue weighted by molar-refractivity contribution is -0.132. The zero-order valence-electron chi connectivity index (χ0n) is 13.4. The number of allylic oxidation sites excluding steroid dienone is 1. The van der Waals surface area contributed by atoms with Crippen LogP contribution in [-0.4, -0.2) is 41.8 Å². The second-order valence-electron chi connectivity index (χ2n) is 6.83. The predicted octanol–water partition coefficient (Wildman–Crippen LogP) is 1.77. The summed E-state index contributed by atoms with van der Waals surface area (Å²) in [5.74, 6) is 0.737. The molecule has 0 saturated carbocycles. The molecular formula is C18H21NO4. The van der Waals surface area contributed by atoms with Gasteiger partial charge in [0.1, 0.15) is 12.2 Å². The zero-order valence-corrected chi connectivity index (χ0v) is 13.4. The van der Waals surface area contributed by atoms with Crippen molar-refractivity contribution >= 4 is 5.97 Å². The van der Waals surface area contributed by atoms with Gasteiger partial charge in [0.25, 0.3) is 0 Å². The van der Waals surface area contributed by atoms with E-state index >= 15 is 0 Å². The number of ether oxygens (including phenoxy) is 2. The van der Waals surface area contributed by atoms with Crippen LogP contribution in [-0.2, 0) is 16.8 Å². The number of hydrogen-bond acceptors (Lipinski definition) is 5. The van der Waals surface area contributed by atoms with Gasteiger partial charge in [-0.15, -0.1) is 0 Å². The molecule has 0 saturated heterocycles. The highest BCUT2D eigenvalue weighted by Crippen LogP contribution is 2.56. The van der Waals surface area contributed by atoms with Crippen LogP contribution in [0.1, 0.15) is 30.9 Å². The lowest BCUT2D eigenvalue weighted by Crippen LogP contribution is -2.48. The highest BCUT2D eigenvalue weighted by Gasteiger charge is 2.55. The number of aliphatic hydroxyl groups is 1. The Morgan fingerprint density at radius 1 is 1.48 bits per heavy atom. The molecule has 2 aliphatic heterocycles. The zero-order chi connectivity index (χ0) is 16.2. The molecular weight excluding hydrogens is 294 g/mol. The van der Waals surface area contributed by atoms with Gasteiger partial charge in [-0.1, -0.05) is 18.2 Å². The molecule has 3 atom stereocenters. The molecule has 5 nitrogen and oxygen atoms in total. The summed E-state index contributed by atoms with van der Waals surface area (Å²) in [7, 11) is 2.11. The number of hydrogen-bond donors (Lipinski definition) is 1. The van der Waals surface area contributed by atoms with E-state index in [2.05, 4.69) is 11.9 Å². The molecule has 23 heavy (non-hydrogen) atoms. The Labute approximate surface area is 135 Å². The van der Waals surface area contributed by atoms with Gasteiger partial charge in [0.05, 0.1) is 0 Å². The normalized spacial score (nSPS) is 31.8. The molecule has 0 radical (unpaired) electrons. The Morgan fingerprint density at radius 2 is 2.30 bits per heavy atom. The Kier molecular flexibility index (Phi) is 3.25. The highest BCUT2D eigenvalue weighted by atomic mass is 16.6. The van der Waals surface area contributed by atoms with E-state index in [1.54, 1.807) is 6.07 Å². The van der Waals surface area contributed by atoms with Crippen molar-refractivity contribution in [2.24, 2.45) is 0 Å². The third kappa shape index (κ3) is 2.11. The third-order valence-electron chi connectivity index (χ3n) is 5.25. The van der Waals surface area contributed by atoms with Gasteiger partial charge in [0.2, 0.25) is 0 Å². The minimum atomic E-state index is -0.641. The molecule has 1 N–H and O–H groups in total. The van der Waals surface area contributed by atoms with Crippen molar-refractivity contribution in [3.05, 3.63) is 35.4 Å². The summed E-state index contributed by atoms with van der Waals surface area (Å²) in [6.07, 6.45) is 4.65. The van der Waals surface area contributed by atoms with Gasteiger partial charge in [-0.3, -0.25) is 4.79 Å². The van der Waals surface area contributed by atoms with Gasteiger partial charge in [0.15, 0.2) is 11.5 Å². The lowest BCUT2D eigenvalue weighted by Gasteiger charge is -2.38. The van der Waals surface area contributed by atoms with Crippen molar-refractivity contribution in [1.82, 2.24) is 4.90 Å². The Hall–Kier alpha value is -1.85. The van der Waals surface area contributed by atoms with Crippen LogP contribution in [0, 0.1) is 0 Å². The number of esters is 1. The first-order chi connectivity index (χ1) is 11.0. The van der Waals surface area contributed by atoms with Crippen LogP contribution < -0.4 is 9.47 Å². The smallest absolute Gasteiger partial charge is 0.308 e. The quantitative estimate of drug-likeness (QED) is 0.486. The monoisotopic (exact) mass is 315 g/mol. The minimum absolute atomic E-state index is 0.236. The maximum atomic E-state index is 11.4. The van der Waals surface area contributed by atoms with Crippen LogP contribution in [0.25, 0.3) is 0 Å². The van der Waals surface area contributed by atoms with Crippen molar-refractivity contribution in [3.63, 3.8) is 0 Å². The fraction of sp³-hybridized carbons (Fsp3) is 0.500. The van der Waals surface area contributed by atoms with Crippen molar-refractivity contribution in [3.8, 4) is 11.5 Å². The number of benzene rings is 1. The molecule has 2 heterocycles. The molecule has 4 rings (SSSR count). The fourth-order valence-corrected chi connectivity index (χ4v) is 4.28. The van der Waals surface area contributed by atoms with Gasteiger partial charge in [0, 0.05) is 24.4 Å². The van der Waals surface area contributed by atoms with Crippen molar-refractivity contribution in [1.29, 1.82) is 0 Å². The van der Waals surface area contributed by atoms with Crippen LogP contribution >= 0.6 is 0 Å². The lowest BCUT2D eigenvalue weighted by atomic mass is 9.67. The highest BCUT2D eigenvalue weighted by molar-refractivity contribution is 5.72. The summed E-state index contributed by atoms with van der Waals surface area (Å²) in [6.45, 7) is 3.16. The minimum Gasteiger partial charge on any atom is -0.482 e. The van der Waals surface area contributed by atoms with E-state index in [9.17, 15) is 9.90 Å². The Balaban J connectivity index is 1.92. The third-order valence-corrected chi connectivity index (χ3v) is 5.25. The summed E-state index contributed by atoms with van der Waals surface area (Å²) in [4.78, 5) is 13.7. The average Bonchev–Trinajstić information content (AvgIpc) is 2.78. The number of rotatable bonds is 1. The Morgan fingerprint density at radius 3 is 3.09 bits per heavy atom. The molecule has 3 aliphatic rings. The summed E-state index contributed by atoms with van der Waals surface area (Å²) >= 11 is 0. The van der Waals surface area contributed by atoms with Gasteiger partial charge < -0.3 is 19.5 Å². The SMILES string of the molecule is CC(=O)Oc1ccc2c3c1O[C@H]1[C@@H](O)C=CC[C@@]31CCN(C)C2. The molecule has 122 valence electrons. The second-order valence-corrected chi connectivity index (χ2v) is 6.83. The molecule has 1 spiro atoms. The van der Waals surface area contributed by atoms with E-state index in [0.717, 1.165) is 31.5 Å². The van der Waals surface area contributed by atoms with Crippen LogP contribution in [0.5, 0.6) is 11.5 Å². The summed E-state index contributed by atoms with van der Waals surface area (Å²) < 4.78 is 11.5. The molecule has 1 aromatic carbocycles. The number of nitrogens with zero attached hydrogens (tertiary/aromatic N) is 1. The van der Waals surface area contributed by atoms with Gasteiger partial charge >= 0.3 is 5.97 Å². The van der Waals surface area contributed by atoms with Crippen molar-refractivity contribution in [2.45, 2.75) is 43.9 Å². The maximum absolute atomic E-state index is 11.4. The summed E-state index contributed by atoms with van der Waals surface area (Å²) in [6, 6.07) is 3.83. The first-order valence-electron chi connectivity index (χ1n) is 8.06. The fourth-order valence-electron chi connectivity index (χ4n) is 4.28. The predicted molar refractivity (Wildman–Crippen MR) is 84.6 cm³/mol. The van der Waals surface area contributed by atoms with E-state index in [1.165, 1.54) is 12.5 Å².